The average Bonchev–Trinajstić information content (AvgIpc) is 3.57. The second-order valence-electron chi connectivity index (χ2n) is 9.82. The van der Waals surface area contributed by atoms with Crippen LogP contribution in [0.5, 0.6) is 0 Å². The number of ether oxygens (including phenoxy) is 1. The van der Waals surface area contributed by atoms with Crippen LogP contribution in [0.4, 0.5) is 0 Å². The van der Waals surface area contributed by atoms with E-state index in [0.717, 1.165) is 74.1 Å². The van der Waals surface area contributed by atoms with E-state index in [2.05, 4.69) is 34.0 Å². The van der Waals surface area contributed by atoms with Gasteiger partial charge in [-0.05, 0) is 44.2 Å². The van der Waals surface area contributed by atoms with Gasteiger partial charge in [-0.2, -0.15) is 10.1 Å². The van der Waals surface area contributed by atoms with Crippen LogP contribution in [0.25, 0.3) is 22.4 Å². The summed E-state index contributed by atoms with van der Waals surface area (Å²) in [6, 6.07) is 6.42. The molecule has 3 fully saturated rings. The number of piperidine rings is 1. The molecule has 0 spiro atoms. The van der Waals surface area contributed by atoms with Crippen LogP contribution in [0, 0.1) is 5.41 Å². The molecule has 8 nitrogen and oxygen atoms in total. The van der Waals surface area contributed by atoms with E-state index in [4.69, 9.17) is 14.2 Å². The van der Waals surface area contributed by atoms with E-state index in [0.29, 0.717) is 18.4 Å². The van der Waals surface area contributed by atoms with Crippen molar-refractivity contribution in [1.82, 2.24) is 24.8 Å². The Morgan fingerprint density at radius 3 is 2.75 bits per heavy atom. The number of hydrogen-bond donors (Lipinski definition) is 0. The van der Waals surface area contributed by atoms with Gasteiger partial charge in [-0.3, -0.25) is 9.48 Å². The lowest BCUT2D eigenvalue weighted by molar-refractivity contribution is -0.147. The molecule has 1 aromatic carbocycles. The third-order valence-corrected chi connectivity index (χ3v) is 7.66. The first-order valence-electron chi connectivity index (χ1n) is 11.8. The van der Waals surface area contributed by atoms with E-state index in [9.17, 15) is 4.79 Å². The van der Waals surface area contributed by atoms with Crippen molar-refractivity contribution in [3.05, 3.63) is 30.2 Å². The van der Waals surface area contributed by atoms with Crippen LogP contribution in [-0.2, 0) is 9.53 Å². The molecule has 32 heavy (non-hydrogen) atoms. The number of aromatic nitrogens is 4. The maximum Gasteiger partial charge on any atom is 0.258 e. The second kappa shape index (κ2) is 7.69. The number of carbonyl (C=O) groups excluding carboxylic acids is 1. The van der Waals surface area contributed by atoms with Crippen molar-refractivity contribution in [2.75, 3.05) is 26.3 Å². The van der Waals surface area contributed by atoms with E-state index in [1.807, 2.05) is 17.2 Å². The monoisotopic (exact) mass is 435 g/mol. The smallest absolute Gasteiger partial charge is 0.258 e. The molecule has 168 valence electrons. The van der Waals surface area contributed by atoms with E-state index < -0.39 is 0 Å². The second-order valence-corrected chi connectivity index (χ2v) is 9.82. The number of benzene rings is 1. The number of hydrogen-bond acceptors (Lipinski definition) is 6. The Balaban J connectivity index is 1.17. The quantitative estimate of drug-likeness (QED) is 0.617. The number of carbonyl (C=O) groups is 1. The van der Waals surface area contributed by atoms with Crippen LogP contribution in [0.3, 0.4) is 0 Å². The minimum atomic E-state index is -0.123. The minimum absolute atomic E-state index is 0.123. The largest absolute Gasteiger partial charge is 0.379 e. The minimum Gasteiger partial charge on any atom is -0.379 e. The van der Waals surface area contributed by atoms with Gasteiger partial charge in [0.2, 0.25) is 5.91 Å². The zero-order valence-corrected chi connectivity index (χ0v) is 18.5. The first-order valence-corrected chi connectivity index (χ1v) is 11.8. The van der Waals surface area contributed by atoms with Crippen molar-refractivity contribution in [3.8, 4) is 11.5 Å². The molecule has 0 N–H and O–H groups in total. The number of rotatable bonds is 4. The summed E-state index contributed by atoms with van der Waals surface area (Å²) in [5, 5.41) is 9.97. The highest BCUT2D eigenvalue weighted by atomic mass is 16.5. The Morgan fingerprint density at radius 1 is 1.19 bits per heavy atom. The van der Waals surface area contributed by atoms with Crippen molar-refractivity contribution in [3.63, 3.8) is 0 Å². The molecule has 1 atom stereocenters. The predicted octanol–water partition coefficient (Wildman–Crippen LogP) is 3.94. The lowest BCUT2D eigenvalue weighted by Crippen LogP contribution is -2.48. The molecular weight excluding hydrogens is 406 g/mol. The van der Waals surface area contributed by atoms with Crippen LogP contribution in [0.15, 0.2) is 28.9 Å². The molecule has 0 radical (unpaired) electrons. The summed E-state index contributed by atoms with van der Waals surface area (Å²) >= 11 is 0. The Hall–Kier alpha value is -2.74. The van der Waals surface area contributed by atoms with E-state index >= 15 is 0 Å². The lowest BCUT2D eigenvalue weighted by atomic mass is 9.69. The van der Waals surface area contributed by atoms with Crippen molar-refractivity contribution in [2.45, 2.75) is 57.4 Å². The average molecular weight is 436 g/mol. The van der Waals surface area contributed by atoms with Gasteiger partial charge in [0.05, 0.1) is 24.4 Å². The summed E-state index contributed by atoms with van der Waals surface area (Å²) in [5.41, 5.74) is 1.85. The molecule has 1 saturated carbocycles. The first kappa shape index (κ1) is 19.9. The highest BCUT2D eigenvalue weighted by Gasteiger charge is 2.42. The Kier molecular flexibility index (Phi) is 4.78. The molecule has 1 aliphatic carbocycles. The van der Waals surface area contributed by atoms with Gasteiger partial charge in [0.15, 0.2) is 5.82 Å². The van der Waals surface area contributed by atoms with Crippen molar-refractivity contribution >= 4 is 16.8 Å². The van der Waals surface area contributed by atoms with E-state index in [1.54, 1.807) is 0 Å². The molecule has 2 aliphatic heterocycles. The Morgan fingerprint density at radius 2 is 2.03 bits per heavy atom. The van der Waals surface area contributed by atoms with Crippen molar-refractivity contribution < 1.29 is 14.1 Å². The molecule has 3 aliphatic rings. The van der Waals surface area contributed by atoms with Gasteiger partial charge < -0.3 is 14.2 Å². The van der Waals surface area contributed by atoms with Gasteiger partial charge in [0.1, 0.15) is 0 Å². The summed E-state index contributed by atoms with van der Waals surface area (Å²) < 4.78 is 13.2. The number of nitrogens with zero attached hydrogens (tertiary/aromatic N) is 5. The third kappa shape index (κ3) is 3.32. The van der Waals surface area contributed by atoms with Crippen LogP contribution in [-0.4, -0.2) is 57.0 Å². The number of likely N-dealkylation sites (tertiary alicyclic amines) is 1. The molecular formula is C24H29N5O3. The topological polar surface area (TPSA) is 86.3 Å². The molecule has 0 bridgehead atoms. The molecule has 2 saturated heterocycles. The van der Waals surface area contributed by atoms with Crippen LogP contribution < -0.4 is 0 Å². The fourth-order valence-corrected chi connectivity index (χ4v) is 5.34. The molecule has 1 amide bonds. The first-order chi connectivity index (χ1) is 15.6. The summed E-state index contributed by atoms with van der Waals surface area (Å²) in [7, 11) is 0. The van der Waals surface area contributed by atoms with Gasteiger partial charge in [-0.1, -0.05) is 24.6 Å². The maximum atomic E-state index is 12.8. The number of amides is 1. The van der Waals surface area contributed by atoms with Crippen LogP contribution >= 0.6 is 0 Å². The molecule has 4 heterocycles. The Labute approximate surface area is 186 Å². The zero-order valence-electron chi connectivity index (χ0n) is 18.5. The molecule has 0 unspecified atom stereocenters. The highest BCUT2D eigenvalue weighted by Crippen LogP contribution is 2.43. The summed E-state index contributed by atoms with van der Waals surface area (Å²) in [5.74, 6) is 1.85. The van der Waals surface area contributed by atoms with Crippen molar-refractivity contribution in [1.29, 1.82) is 0 Å². The fourth-order valence-electron chi connectivity index (χ4n) is 5.34. The maximum absolute atomic E-state index is 12.8. The van der Waals surface area contributed by atoms with Gasteiger partial charge >= 0.3 is 0 Å². The lowest BCUT2D eigenvalue weighted by Gasteiger charge is -2.42. The van der Waals surface area contributed by atoms with Gasteiger partial charge in [0, 0.05) is 42.0 Å². The summed E-state index contributed by atoms with van der Waals surface area (Å²) in [6.07, 6.45) is 7.86. The summed E-state index contributed by atoms with van der Waals surface area (Å²) in [6.45, 7) is 5.14. The van der Waals surface area contributed by atoms with Gasteiger partial charge in [0.25, 0.3) is 5.89 Å². The zero-order chi connectivity index (χ0) is 21.7. The standard InChI is InChI=1S/C24H29N5O3/c1-24(8-2-9-24)23(30)28-10-5-16(6-11-28)21-26-22(32-27-21)17-3-4-18-14-25-29(20(18)13-17)19-7-12-31-15-19/h3-4,13-14,16,19H,2,5-12,15H2,1H3/t19-/m0/s1. The molecule has 8 heteroatoms. The van der Waals surface area contributed by atoms with Crippen molar-refractivity contribution in [2.24, 2.45) is 5.41 Å². The molecule has 6 rings (SSSR count). The van der Waals surface area contributed by atoms with Gasteiger partial charge in [-0.25, -0.2) is 0 Å². The van der Waals surface area contributed by atoms with Crippen LogP contribution in [0.1, 0.15) is 63.2 Å². The van der Waals surface area contributed by atoms with E-state index in [1.165, 1.54) is 6.42 Å². The number of fused-ring (bicyclic) bond motifs is 1. The SMILES string of the molecule is CC1(C(=O)N2CCC(c3noc(-c4ccc5cnn([C@H]6CCOC6)c5c4)n3)CC2)CCC1. The van der Waals surface area contributed by atoms with E-state index in [-0.39, 0.29) is 17.4 Å². The third-order valence-electron chi connectivity index (χ3n) is 7.66. The Bertz CT molecular complexity index is 1130. The molecule has 2 aromatic heterocycles. The molecule has 3 aromatic rings. The normalized spacial score (nSPS) is 23.5. The van der Waals surface area contributed by atoms with Gasteiger partial charge in [-0.15, -0.1) is 0 Å². The highest BCUT2D eigenvalue weighted by molar-refractivity contribution is 5.84. The predicted molar refractivity (Wildman–Crippen MR) is 118 cm³/mol. The summed E-state index contributed by atoms with van der Waals surface area (Å²) in [4.78, 5) is 19.6. The van der Waals surface area contributed by atoms with Crippen LogP contribution in [0.2, 0.25) is 0 Å². The fraction of sp³-hybridized carbons (Fsp3) is 0.583.